The van der Waals surface area contributed by atoms with Crippen molar-refractivity contribution in [3.8, 4) is 0 Å². The van der Waals surface area contributed by atoms with Crippen molar-refractivity contribution < 1.29 is 4.79 Å². The van der Waals surface area contributed by atoms with Gasteiger partial charge in [0.05, 0.1) is 9.98 Å². The third kappa shape index (κ3) is 2.60. The molecule has 0 aliphatic heterocycles. The van der Waals surface area contributed by atoms with Crippen LogP contribution in [0.4, 0.5) is 5.13 Å². The van der Waals surface area contributed by atoms with Crippen molar-refractivity contribution in [2.75, 3.05) is 5.32 Å². The first-order valence-corrected chi connectivity index (χ1v) is 5.69. The predicted molar refractivity (Wildman–Crippen MR) is 62.0 cm³/mol. The molecule has 0 spiro atoms. The number of hydrogen-bond donors (Lipinski definition) is 1. The minimum atomic E-state index is -0.181. The van der Waals surface area contributed by atoms with Gasteiger partial charge in [-0.15, -0.1) is 0 Å². The predicted octanol–water partition coefficient (Wildman–Crippen LogP) is 2.55. The van der Waals surface area contributed by atoms with E-state index in [1.54, 1.807) is 30.7 Å². The molecule has 1 amide bonds. The SMILES string of the molecule is O=C(Nc1ncc(Br)s1)c1ccncc1. The highest BCUT2D eigenvalue weighted by Crippen LogP contribution is 2.23. The first-order valence-electron chi connectivity index (χ1n) is 4.08. The van der Waals surface area contributed by atoms with E-state index in [0.717, 1.165) is 3.79 Å². The second-order valence-corrected chi connectivity index (χ2v) is 5.07. The number of rotatable bonds is 2. The third-order valence-corrected chi connectivity index (χ3v) is 3.03. The number of amides is 1. The van der Waals surface area contributed by atoms with Gasteiger partial charge in [-0.3, -0.25) is 15.1 Å². The summed E-state index contributed by atoms with van der Waals surface area (Å²) in [5, 5.41) is 3.26. The fourth-order valence-corrected chi connectivity index (χ4v) is 2.09. The zero-order chi connectivity index (χ0) is 10.7. The van der Waals surface area contributed by atoms with Crippen molar-refractivity contribution in [2.45, 2.75) is 0 Å². The molecular weight excluding hydrogens is 278 g/mol. The van der Waals surface area contributed by atoms with Crippen LogP contribution in [0.1, 0.15) is 10.4 Å². The summed E-state index contributed by atoms with van der Waals surface area (Å²) in [5.74, 6) is -0.181. The maximum absolute atomic E-state index is 11.6. The molecule has 15 heavy (non-hydrogen) atoms. The number of pyridine rings is 1. The van der Waals surface area contributed by atoms with Gasteiger partial charge >= 0.3 is 0 Å². The maximum Gasteiger partial charge on any atom is 0.257 e. The molecule has 0 fully saturated rings. The monoisotopic (exact) mass is 283 g/mol. The van der Waals surface area contributed by atoms with Crippen LogP contribution >= 0.6 is 27.3 Å². The van der Waals surface area contributed by atoms with Gasteiger partial charge in [0, 0.05) is 18.0 Å². The summed E-state index contributed by atoms with van der Waals surface area (Å²) in [4.78, 5) is 19.5. The molecule has 2 aromatic heterocycles. The number of thiazole rings is 1. The topological polar surface area (TPSA) is 54.9 Å². The first kappa shape index (κ1) is 10.3. The van der Waals surface area contributed by atoms with Crippen LogP contribution in [0, 0.1) is 0 Å². The summed E-state index contributed by atoms with van der Waals surface area (Å²) in [6.45, 7) is 0. The van der Waals surface area contributed by atoms with Gasteiger partial charge in [-0.25, -0.2) is 4.98 Å². The lowest BCUT2D eigenvalue weighted by Crippen LogP contribution is -2.11. The van der Waals surface area contributed by atoms with Gasteiger partial charge in [0.1, 0.15) is 0 Å². The van der Waals surface area contributed by atoms with E-state index < -0.39 is 0 Å². The number of carbonyl (C=O) groups is 1. The summed E-state index contributed by atoms with van der Waals surface area (Å²) in [6.07, 6.45) is 4.80. The maximum atomic E-state index is 11.6. The second kappa shape index (κ2) is 4.50. The molecule has 76 valence electrons. The molecule has 4 nitrogen and oxygen atoms in total. The molecule has 0 atom stereocenters. The molecule has 0 saturated carbocycles. The fraction of sp³-hybridized carbons (Fsp3) is 0. The van der Waals surface area contributed by atoms with Crippen LogP contribution in [0.15, 0.2) is 34.5 Å². The van der Waals surface area contributed by atoms with Gasteiger partial charge < -0.3 is 0 Å². The highest BCUT2D eigenvalue weighted by atomic mass is 79.9. The molecular formula is C9H6BrN3OS. The standard InChI is InChI=1S/C9H6BrN3OS/c10-7-5-12-9(15-7)13-8(14)6-1-3-11-4-2-6/h1-5H,(H,12,13,14). The van der Waals surface area contributed by atoms with E-state index >= 15 is 0 Å². The number of nitrogens with zero attached hydrogens (tertiary/aromatic N) is 2. The number of nitrogens with one attached hydrogen (secondary N) is 1. The molecule has 1 N–H and O–H groups in total. The average molecular weight is 284 g/mol. The Balaban J connectivity index is 2.11. The third-order valence-electron chi connectivity index (χ3n) is 1.64. The van der Waals surface area contributed by atoms with Crippen LogP contribution < -0.4 is 5.32 Å². The Hall–Kier alpha value is -1.27. The van der Waals surface area contributed by atoms with Crippen LogP contribution in [-0.2, 0) is 0 Å². The van der Waals surface area contributed by atoms with Gasteiger partial charge in [-0.2, -0.15) is 0 Å². The van der Waals surface area contributed by atoms with Crippen molar-refractivity contribution in [1.82, 2.24) is 9.97 Å². The van der Waals surface area contributed by atoms with Crippen LogP contribution in [0.3, 0.4) is 0 Å². The van der Waals surface area contributed by atoms with E-state index in [1.165, 1.54) is 11.3 Å². The smallest absolute Gasteiger partial charge is 0.257 e. The summed E-state index contributed by atoms with van der Waals surface area (Å²) < 4.78 is 0.882. The van der Waals surface area contributed by atoms with E-state index in [9.17, 15) is 4.79 Å². The quantitative estimate of drug-likeness (QED) is 0.922. The molecule has 0 aliphatic carbocycles. The van der Waals surface area contributed by atoms with Gasteiger partial charge in [-0.05, 0) is 28.1 Å². The molecule has 0 aromatic carbocycles. The molecule has 0 radical (unpaired) electrons. The summed E-state index contributed by atoms with van der Waals surface area (Å²) in [6, 6.07) is 3.30. The van der Waals surface area contributed by atoms with Crippen LogP contribution in [0.5, 0.6) is 0 Å². The van der Waals surface area contributed by atoms with Crippen molar-refractivity contribution in [3.05, 3.63) is 40.1 Å². The number of aromatic nitrogens is 2. The molecule has 2 aromatic rings. The van der Waals surface area contributed by atoms with Crippen molar-refractivity contribution in [1.29, 1.82) is 0 Å². The Morgan fingerprint density at radius 1 is 1.40 bits per heavy atom. The van der Waals surface area contributed by atoms with E-state index in [2.05, 4.69) is 31.2 Å². The van der Waals surface area contributed by atoms with E-state index in [4.69, 9.17) is 0 Å². The normalized spacial score (nSPS) is 9.93. The van der Waals surface area contributed by atoms with E-state index in [0.29, 0.717) is 10.7 Å². The number of carbonyl (C=O) groups excluding carboxylic acids is 1. The van der Waals surface area contributed by atoms with Gasteiger partial charge in [0.25, 0.3) is 5.91 Å². The fourth-order valence-electron chi connectivity index (χ4n) is 0.985. The lowest BCUT2D eigenvalue weighted by molar-refractivity contribution is 0.102. The van der Waals surface area contributed by atoms with Crippen LogP contribution in [0.25, 0.3) is 0 Å². The summed E-state index contributed by atoms with van der Waals surface area (Å²) in [5.41, 5.74) is 0.566. The first-order chi connectivity index (χ1) is 7.25. The molecule has 2 rings (SSSR count). The Morgan fingerprint density at radius 2 is 2.13 bits per heavy atom. The van der Waals surface area contributed by atoms with Gasteiger partial charge in [0.2, 0.25) is 0 Å². The number of halogens is 1. The highest BCUT2D eigenvalue weighted by molar-refractivity contribution is 9.11. The molecule has 6 heteroatoms. The summed E-state index contributed by atoms with van der Waals surface area (Å²) in [7, 11) is 0. The Kier molecular flexibility index (Phi) is 3.08. The molecule has 2 heterocycles. The van der Waals surface area contributed by atoms with Crippen molar-refractivity contribution in [3.63, 3.8) is 0 Å². The minimum Gasteiger partial charge on any atom is -0.298 e. The van der Waals surface area contributed by atoms with E-state index in [1.807, 2.05) is 0 Å². The largest absolute Gasteiger partial charge is 0.298 e. The lowest BCUT2D eigenvalue weighted by atomic mass is 10.2. The van der Waals surface area contributed by atoms with Crippen LogP contribution in [0.2, 0.25) is 0 Å². The van der Waals surface area contributed by atoms with Gasteiger partial charge in [0.15, 0.2) is 5.13 Å². The zero-order valence-electron chi connectivity index (χ0n) is 7.48. The highest BCUT2D eigenvalue weighted by Gasteiger charge is 2.07. The Labute approximate surface area is 98.5 Å². The van der Waals surface area contributed by atoms with Gasteiger partial charge in [-0.1, -0.05) is 11.3 Å². The minimum absolute atomic E-state index is 0.181. The molecule has 0 bridgehead atoms. The zero-order valence-corrected chi connectivity index (χ0v) is 9.88. The average Bonchev–Trinajstić information content (AvgIpc) is 2.65. The van der Waals surface area contributed by atoms with Crippen LogP contribution in [-0.4, -0.2) is 15.9 Å². The lowest BCUT2D eigenvalue weighted by Gasteiger charge is -1.99. The Bertz CT molecular complexity index is 471. The van der Waals surface area contributed by atoms with Crippen molar-refractivity contribution >= 4 is 38.3 Å². The molecule has 0 saturated heterocycles. The van der Waals surface area contributed by atoms with E-state index in [-0.39, 0.29) is 5.91 Å². The Morgan fingerprint density at radius 3 is 2.73 bits per heavy atom. The number of anilines is 1. The number of hydrogen-bond acceptors (Lipinski definition) is 4. The molecule has 0 aliphatic rings. The molecule has 0 unspecified atom stereocenters. The summed E-state index contributed by atoms with van der Waals surface area (Å²) >= 11 is 4.64. The second-order valence-electron chi connectivity index (χ2n) is 2.66. The van der Waals surface area contributed by atoms with Crippen molar-refractivity contribution in [2.24, 2.45) is 0 Å².